The summed E-state index contributed by atoms with van der Waals surface area (Å²) in [6, 6.07) is 41.1. The molecule has 2 heterocycles. The molecule has 2 aromatic heterocycles. The number of benzene rings is 4. The minimum Gasteiger partial charge on any atom is -0.475 e. The number of amides is 1. The van der Waals surface area contributed by atoms with Gasteiger partial charge in [-0.05, 0) is 54.8 Å². The minimum atomic E-state index is -0.801. The lowest BCUT2D eigenvalue weighted by molar-refractivity contribution is -0.105. The summed E-state index contributed by atoms with van der Waals surface area (Å²) >= 11 is 0. The number of anilines is 1. The van der Waals surface area contributed by atoms with E-state index >= 15 is 0 Å². The Hall–Kier alpha value is -5.23. The van der Waals surface area contributed by atoms with E-state index < -0.39 is 5.54 Å². The number of hydrogen-bond acceptors (Lipinski definition) is 4. The molecule has 0 aliphatic rings. The number of carbonyl (C=O) groups is 1. The molecule has 0 aliphatic heterocycles. The van der Waals surface area contributed by atoms with Gasteiger partial charge in [-0.2, -0.15) is 5.10 Å². The van der Waals surface area contributed by atoms with Gasteiger partial charge in [0.05, 0.1) is 11.6 Å². The van der Waals surface area contributed by atoms with Crippen LogP contribution in [0.2, 0.25) is 0 Å². The van der Waals surface area contributed by atoms with Gasteiger partial charge in [0, 0.05) is 28.9 Å². The van der Waals surface area contributed by atoms with Crippen LogP contribution in [0.1, 0.15) is 30.5 Å². The van der Waals surface area contributed by atoms with Crippen molar-refractivity contribution in [2.24, 2.45) is 0 Å². The Morgan fingerprint density at radius 2 is 1.37 bits per heavy atom. The lowest BCUT2D eigenvalue weighted by atomic mass is 9.77. The van der Waals surface area contributed by atoms with E-state index in [-0.39, 0.29) is 6.10 Å². The van der Waals surface area contributed by atoms with Crippen LogP contribution in [0, 0.1) is 0 Å². The zero-order valence-corrected chi connectivity index (χ0v) is 22.9. The van der Waals surface area contributed by atoms with Gasteiger partial charge in [-0.1, -0.05) is 91.0 Å². The second-order valence-corrected chi connectivity index (χ2v) is 10.1. The van der Waals surface area contributed by atoms with E-state index in [4.69, 9.17) is 9.84 Å². The third kappa shape index (κ3) is 4.74. The van der Waals surface area contributed by atoms with E-state index in [9.17, 15) is 4.79 Å². The van der Waals surface area contributed by atoms with E-state index in [1.807, 2.05) is 62.4 Å². The molecular weight excluding hydrogens is 508 g/mol. The normalized spacial score (nSPS) is 11.5. The number of nitrogens with one attached hydrogen (secondary N) is 1. The van der Waals surface area contributed by atoms with E-state index in [0.29, 0.717) is 18.0 Å². The zero-order chi connectivity index (χ0) is 28.2. The fourth-order valence-corrected chi connectivity index (χ4v) is 5.51. The van der Waals surface area contributed by atoms with Crippen molar-refractivity contribution in [2.75, 3.05) is 5.32 Å². The first-order chi connectivity index (χ1) is 20.1. The predicted molar refractivity (Wildman–Crippen MR) is 163 cm³/mol. The molecule has 0 atom stereocenters. The maximum absolute atomic E-state index is 11.4. The molecule has 0 aliphatic carbocycles. The highest BCUT2D eigenvalue weighted by Gasteiger charge is 2.41. The maximum Gasteiger partial charge on any atom is 0.214 e. The van der Waals surface area contributed by atoms with Gasteiger partial charge in [0.25, 0.3) is 0 Å². The first kappa shape index (κ1) is 26.0. The number of hydrogen-bond donors (Lipinski definition) is 1. The summed E-state index contributed by atoms with van der Waals surface area (Å²) in [6.07, 6.45) is 2.41. The standard InChI is InChI=1S/C35H30N4O2/c1-25(2)41-33-22-26(20-21-36-33)34-31-23-30(37-24-40)18-19-32(31)39(38-34)35(27-12-6-3-7-13-27,28-14-8-4-9-15-28)29-16-10-5-11-17-29/h3-25H,1-2H3,(H,37,40). The smallest absolute Gasteiger partial charge is 0.214 e. The molecule has 0 unspecified atom stereocenters. The van der Waals surface area contributed by atoms with Crippen LogP contribution in [0.4, 0.5) is 5.69 Å². The molecule has 1 N–H and O–H groups in total. The monoisotopic (exact) mass is 538 g/mol. The number of pyridine rings is 1. The largest absolute Gasteiger partial charge is 0.475 e. The first-order valence-electron chi connectivity index (χ1n) is 13.6. The summed E-state index contributed by atoms with van der Waals surface area (Å²) in [5.74, 6) is 0.530. The summed E-state index contributed by atoms with van der Waals surface area (Å²) in [6.45, 7) is 3.95. The summed E-state index contributed by atoms with van der Waals surface area (Å²) in [7, 11) is 0. The van der Waals surface area contributed by atoms with Crippen LogP contribution < -0.4 is 10.1 Å². The van der Waals surface area contributed by atoms with E-state index in [0.717, 1.165) is 38.9 Å². The van der Waals surface area contributed by atoms with Crippen LogP contribution in [0.5, 0.6) is 5.88 Å². The molecule has 0 bridgehead atoms. The number of fused-ring (bicyclic) bond motifs is 1. The Balaban J connectivity index is 1.73. The molecule has 0 spiro atoms. The number of carbonyl (C=O) groups excluding carboxylic acids is 1. The molecule has 1 amide bonds. The highest BCUT2D eigenvalue weighted by molar-refractivity contribution is 5.97. The minimum absolute atomic E-state index is 0.0164. The molecule has 0 fully saturated rings. The predicted octanol–water partition coefficient (Wildman–Crippen LogP) is 7.29. The van der Waals surface area contributed by atoms with E-state index in [1.54, 1.807) is 6.20 Å². The van der Waals surface area contributed by atoms with Crippen molar-refractivity contribution in [3.8, 4) is 17.1 Å². The van der Waals surface area contributed by atoms with Crippen LogP contribution in [-0.4, -0.2) is 27.3 Å². The lowest BCUT2D eigenvalue weighted by Crippen LogP contribution is -2.38. The average molecular weight is 539 g/mol. The van der Waals surface area contributed by atoms with Crippen LogP contribution in [0.25, 0.3) is 22.2 Å². The average Bonchev–Trinajstić information content (AvgIpc) is 3.38. The van der Waals surface area contributed by atoms with Crippen molar-refractivity contribution >= 4 is 23.0 Å². The van der Waals surface area contributed by atoms with Gasteiger partial charge >= 0.3 is 0 Å². The fraction of sp³-hybridized carbons (Fsp3) is 0.114. The molecule has 41 heavy (non-hydrogen) atoms. The molecule has 6 heteroatoms. The molecule has 6 aromatic rings. The van der Waals surface area contributed by atoms with E-state index in [1.165, 1.54) is 0 Å². The molecular formula is C35H30N4O2. The lowest BCUT2D eigenvalue weighted by Gasteiger charge is -2.37. The van der Waals surface area contributed by atoms with Gasteiger partial charge in [-0.25, -0.2) is 9.67 Å². The summed E-state index contributed by atoms with van der Waals surface area (Å²) in [5.41, 5.74) is 5.64. The third-order valence-electron chi connectivity index (χ3n) is 7.16. The van der Waals surface area contributed by atoms with Gasteiger partial charge in [0.15, 0.2) is 0 Å². The van der Waals surface area contributed by atoms with Crippen molar-refractivity contribution in [3.63, 3.8) is 0 Å². The van der Waals surface area contributed by atoms with E-state index in [2.05, 4.69) is 87.8 Å². The van der Waals surface area contributed by atoms with Gasteiger partial charge < -0.3 is 10.1 Å². The Morgan fingerprint density at radius 1 is 0.780 bits per heavy atom. The van der Waals surface area contributed by atoms with Crippen molar-refractivity contribution in [2.45, 2.75) is 25.5 Å². The van der Waals surface area contributed by atoms with Crippen molar-refractivity contribution < 1.29 is 9.53 Å². The molecule has 0 radical (unpaired) electrons. The van der Waals surface area contributed by atoms with Crippen LogP contribution in [0.15, 0.2) is 128 Å². The Kier molecular flexibility index (Phi) is 7.04. The second-order valence-electron chi connectivity index (χ2n) is 10.1. The topological polar surface area (TPSA) is 69.0 Å². The highest BCUT2D eigenvalue weighted by atomic mass is 16.5. The van der Waals surface area contributed by atoms with Crippen molar-refractivity contribution in [1.82, 2.24) is 14.8 Å². The quantitative estimate of drug-likeness (QED) is 0.155. The van der Waals surface area contributed by atoms with Gasteiger partial charge in [-0.3, -0.25) is 4.79 Å². The fourth-order valence-electron chi connectivity index (χ4n) is 5.51. The highest BCUT2D eigenvalue weighted by Crippen LogP contribution is 2.44. The third-order valence-corrected chi connectivity index (χ3v) is 7.16. The molecule has 202 valence electrons. The zero-order valence-electron chi connectivity index (χ0n) is 22.9. The van der Waals surface area contributed by atoms with Crippen molar-refractivity contribution in [3.05, 3.63) is 144 Å². The number of aromatic nitrogens is 3. The van der Waals surface area contributed by atoms with Crippen LogP contribution in [0.3, 0.4) is 0 Å². The summed E-state index contributed by atoms with van der Waals surface area (Å²) in [4.78, 5) is 15.8. The SMILES string of the molecule is CC(C)Oc1cc(-c2nn(C(c3ccccc3)(c3ccccc3)c3ccccc3)c3ccc(NC=O)cc23)ccn1. The van der Waals surface area contributed by atoms with Crippen LogP contribution >= 0.6 is 0 Å². The van der Waals surface area contributed by atoms with Crippen molar-refractivity contribution in [1.29, 1.82) is 0 Å². The molecule has 4 aromatic carbocycles. The second kappa shape index (κ2) is 11.1. The Morgan fingerprint density at radius 3 is 1.90 bits per heavy atom. The van der Waals surface area contributed by atoms with Gasteiger partial charge in [0.2, 0.25) is 12.3 Å². The first-order valence-corrected chi connectivity index (χ1v) is 13.6. The molecule has 0 saturated carbocycles. The summed E-state index contributed by atoms with van der Waals surface area (Å²) in [5, 5.41) is 9.10. The number of rotatable bonds is 9. The summed E-state index contributed by atoms with van der Waals surface area (Å²) < 4.78 is 8.05. The molecule has 6 nitrogen and oxygen atoms in total. The van der Waals surface area contributed by atoms with Gasteiger partial charge in [-0.15, -0.1) is 0 Å². The van der Waals surface area contributed by atoms with Crippen LogP contribution in [-0.2, 0) is 10.3 Å². The number of ether oxygens (including phenoxy) is 1. The molecule has 6 rings (SSSR count). The Bertz CT molecular complexity index is 1690. The van der Waals surface area contributed by atoms with Gasteiger partial charge in [0.1, 0.15) is 11.2 Å². The molecule has 0 saturated heterocycles. The Labute approximate surface area is 239 Å². The number of nitrogens with zero attached hydrogens (tertiary/aromatic N) is 3. The maximum atomic E-state index is 11.4.